The molecule has 1 aliphatic heterocycles. The summed E-state index contributed by atoms with van der Waals surface area (Å²) < 4.78 is 32.4. The predicted octanol–water partition coefficient (Wildman–Crippen LogP) is 2.88. The Morgan fingerprint density at radius 2 is 1.60 bits per heavy atom. The van der Waals surface area contributed by atoms with Gasteiger partial charge in [-0.2, -0.15) is 4.31 Å². The first kappa shape index (κ1) is 21.9. The molecule has 0 aliphatic carbocycles. The van der Waals surface area contributed by atoms with E-state index >= 15 is 0 Å². The van der Waals surface area contributed by atoms with E-state index in [4.69, 9.17) is 16.3 Å². The molecule has 0 radical (unpaired) electrons. The van der Waals surface area contributed by atoms with Gasteiger partial charge in [-0.15, -0.1) is 0 Å². The van der Waals surface area contributed by atoms with Crippen LogP contribution in [0.2, 0.25) is 5.02 Å². The summed E-state index contributed by atoms with van der Waals surface area (Å²) in [6.07, 6.45) is 0. The second-order valence-corrected chi connectivity index (χ2v) is 8.91. The fourth-order valence-electron chi connectivity index (χ4n) is 2.87. The Hall–Kier alpha value is -2.80. The summed E-state index contributed by atoms with van der Waals surface area (Å²) in [5.41, 5.74) is -0.838. The molecule has 2 aromatic carbocycles. The zero-order valence-electron chi connectivity index (χ0n) is 15.7. The quantitative estimate of drug-likeness (QED) is 0.478. The minimum atomic E-state index is -3.91. The fourth-order valence-corrected chi connectivity index (χ4v) is 4.52. The smallest absolute Gasteiger partial charge is 0.312 e. The van der Waals surface area contributed by atoms with Gasteiger partial charge in [-0.1, -0.05) is 11.6 Å². The largest absolute Gasteiger partial charge is 0.449 e. The molecule has 0 unspecified atom stereocenters. The lowest BCUT2D eigenvalue weighted by atomic mass is 10.3. The number of hydrogen-bond donors (Lipinski definition) is 0. The van der Waals surface area contributed by atoms with Crippen LogP contribution in [0.25, 0.3) is 0 Å². The second kappa shape index (κ2) is 8.52. The van der Waals surface area contributed by atoms with Gasteiger partial charge in [-0.05, 0) is 25.2 Å². The number of sulfonamides is 1. The lowest BCUT2D eigenvalue weighted by molar-refractivity contribution is -0.385. The van der Waals surface area contributed by atoms with Gasteiger partial charge in [0.05, 0.1) is 19.8 Å². The van der Waals surface area contributed by atoms with E-state index in [9.17, 15) is 28.6 Å². The van der Waals surface area contributed by atoms with Crippen molar-refractivity contribution in [1.82, 2.24) is 9.21 Å². The van der Waals surface area contributed by atoms with Crippen molar-refractivity contribution in [3.63, 3.8) is 0 Å². The van der Waals surface area contributed by atoms with E-state index in [0.29, 0.717) is 13.1 Å². The van der Waals surface area contributed by atoms with Crippen LogP contribution in [0, 0.1) is 20.2 Å². The number of nitrogens with zero attached hydrogens (tertiary/aromatic N) is 4. The molecule has 11 nitrogen and oxygen atoms in total. The molecule has 160 valence electrons. The number of hydrogen-bond acceptors (Lipinski definition) is 8. The number of likely N-dealkylation sites (N-methyl/N-ethyl adjacent to an activating group) is 1. The number of halogens is 1. The topological polar surface area (TPSA) is 136 Å². The highest BCUT2D eigenvalue weighted by atomic mass is 35.5. The van der Waals surface area contributed by atoms with E-state index in [1.165, 1.54) is 22.5 Å². The summed E-state index contributed by atoms with van der Waals surface area (Å²) in [4.78, 5) is 22.7. The number of nitro benzene ring substituents is 2. The first-order chi connectivity index (χ1) is 14.1. The molecule has 0 spiro atoms. The van der Waals surface area contributed by atoms with E-state index in [0.717, 1.165) is 18.2 Å². The molecule has 3 rings (SSSR count). The van der Waals surface area contributed by atoms with Gasteiger partial charge in [0.2, 0.25) is 15.8 Å². The standard InChI is InChI=1S/C17H17ClN4O7S/c1-19-6-8-20(9-7-19)30(27,28)13-3-5-17(15(11-13)22(25)26)29-16-4-2-12(21(23)24)10-14(16)18/h2-5,10-11H,6-9H2,1H3. The molecular formula is C17H17ClN4O7S. The Morgan fingerprint density at radius 1 is 0.967 bits per heavy atom. The molecule has 1 fully saturated rings. The molecule has 0 atom stereocenters. The van der Waals surface area contributed by atoms with Crippen molar-refractivity contribution >= 4 is 33.0 Å². The molecule has 0 aromatic heterocycles. The molecule has 0 N–H and O–H groups in total. The Kier molecular flexibility index (Phi) is 6.22. The molecular weight excluding hydrogens is 440 g/mol. The highest BCUT2D eigenvalue weighted by Crippen LogP contribution is 2.38. The van der Waals surface area contributed by atoms with Crippen LogP contribution in [0.1, 0.15) is 0 Å². The van der Waals surface area contributed by atoms with Crippen molar-refractivity contribution in [3.8, 4) is 11.5 Å². The maximum absolute atomic E-state index is 12.9. The van der Waals surface area contributed by atoms with E-state index < -0.39 is 25.6 Å². The normalized spacial score (nSPS) is 15.7. The van der Waals surface area contributed by atoms with E-state index in [1.54, 1.807) is 0 Å². The van der Waals surface area contributed by atoms with Gasteiger partial charge in [-0.3, -0.25) is 20.2 Å². The van der Waals surface area contributed by atoms with E-state index in [2.05, 4.69) is 0 Å². The number of piperazine rings is 1. The van der Waals surface area contributed by atoms with Crippen molar-refractivity contribution in [2.24, 2.45) is 0 Å². The summed E-state index contributed by atoms with van der Waals surface area (Å²) in [5.74, 6) is -0.284. The number of benzene rings is 2. The molecule has 13 heteroatoms. The lowest BCUT2D eigenvalue weighted by Crippen LogP contribution is -2.47. The Balaban J connectivity index is 1.93. The molecule has 1 aliphatic rings. The summed E-state index contributed by atoms with van der Waals surface area (Å²) in [7, 11) is -2.03. The Bertz CT molecular complexity index is 1100. The number of rotatable bonds is 6. The van der Waals surface area contributed by atoms with Gasteiger partial charge in [0.15, 0.2) is 0 Å². The van der Waals surface area contributed by atoms with Crippen LogP contribution in [-0.4, -0.2) is 60.7 Å². The molecule has 30 heavy (non-hydrogen) atoms. The average Bonchev–Trinajstić information content (AvgIpc) is 2.69. The highest BCUT2D eigenvalue weighted by Gasteiger charge is 2.30. The zero-order chi connectivity index (χ0) is 22.1. The Labute approximate surface area is 176 Å². The molecule has 1 heterocycles. The van der Waals surface area contributed by atoms with E-state index in [-0.39, 0.29) is 40.2 Å². The summed E-state index contributed by atoms with van der Waals surface area (Å²) in [5, 5.41) is 22.2. The van der Waals surface area contributed by atoms with Crippen LogP contribution in [-0.2, 0) is 10.0 Å². The third-order valence-electron chi connectivity index (χ3n) is 4.57. The van der Waals surface area contributed by atoms with Crippen LogP contribution in [0.4, 0.5) is 11.4 Å². The van der Waals surface area contributed by atoms with Crippen molar-refractivity contribution in [2.45, 2.75) is 4.90 Å². The number of ether oxygens (including phenoxy) is 1. The third kappa shape index (κ3) is 4.51. The first-order valence-electron chi connectivity index (χ1n) is 8.68. The lowest BCUT2D eigenvalue weighted by Gasteiger charge is -2.31. The molecule has 0 saturated carbocycles. The monoisotopic (exact) mass is 456 g/mol. The van der Waals surface area contributed by atoms with Crippen molar-refractivity contribution in [2.75, 3.05) is 33.2 Å². The summed E-state index contributed by atoms with van der Waals surface area (Å²) >= 11 is 5.97. The molecule has 2 aromatic rings. The first-order valence-corrected chi connectivity index (χ1v) is 10.5. The van der Waals surface area contributed by atoms with Crippen molar-refractivity contribution in [3.05, 3.63) is 61.6 Å². The maximum atomic E-state index is 12.9. The Morgan fingerprint density at radius 3 is 2.17 bits per heavy atom. The molecule has 1 saturated heterocycles. The number of nitro groups is 2. The van der Waals surface area contributed by atoms with Gasteiger partial charge in [-0.25, -0.2) is 8.42 Å². The molecule has 0 amide bonds. The molecule has 0 bridgehead atoms. The van der Waals surface area contributed by atoms with Gasteiger partial charge >= 0.3 is 5.69 Å². The van der Waals surface area contributed by atoms with Crippen LogP contribution >= 0.6 is 11.6 Å². The van der Waals surface area contributed by atoms with Gasteiger partial charge < -0.3 is 9.64 Å². The van der Waals surface area contributed by atoms with Crippen molar-refractivity contribution < 1.29 is 23.0 Å². The maximum Gasteiger partial charge on any atom is 0.312 e. The third-order valence-corrected chi connectivity index (χ3v) is 6.76. The fraction of sp³-hybridized carbons (Fsp3) is 0.294. The van der Waals surface area contributed by atoms with Gasteiger partial charge in [0.1, 0.15) is 5.75 Å². The number of non-ortho nitro benzene ring substituents is 1. The predicted molar refractivity (Wildman–Crippen MR) is 108 cm³/mol. The minimum Gasteiger partial charge on any atom is -0.449 e. The summed E-state index contributed by atoms with van der Waals surface area (Å²) in [6.45, 7) is 1.68. The van der Waals surface area contributed by atoms with Gasteiger partial charge in [0, 0.05) is 44.4 Å². The summed E-state index contributed by atoms with van der Waals surface area (Å²) in [6, 6.07) is 6.71. The minimum absolute atomic E-state index is 0.0416. The second-order valence-electron chi connectivity index (χ2n) is 6.57. The van der Waals surface area contributed by atoms with Crippen molar-refractivity contribution in [1.29, 1.82) is 0 Å². The highest BCUT2D eigenvalue weighted by molar-refractivity contribution is 7.89. The van der Waals surface area contributed by atoms with E-state index in [1.807, 2.05) is 11.9 Å². The van der Waals surface area contributed by atoms with Gasteiger partial charge in [0.25, 0.3) is 5.69 Å². The van der Waals surface area contributed by atoms with Crippen LogP contribution in [0.5, 0.6) is 11.5 Å². The SMILES string of the molecule is CN1CCN(S(=O)(=O)c2ccc(Oc3ccc([N+](=O)[O-])cc3Cl)c([N+](=O)[O-])c2)CC1. The zero-order valence-corrected chi connectivity index (χ0v) is 17.3. The van der Waals surface area contributed by atoms with Crippen LogP contribution in [0.15, 0.2) is 41.3 Å². The van der Waals surface area contributed by atoms with Crippen LogP contribution < -0.4 is 4.74 Å². The van der Waals surface area contributed by atoms with Crippen LogP contribution in [0.3, 0.4) is 0 Å². The average molecular weight is 457 g/mol.